The maximum atomic E-state index is 12.7. The number of rotatable bonds is 10. The van der Waals surface area contributed by atoms with Gasteiger partial charge in [0.05, 0.1) is 30.8 Å². The van der Waals surface area contributed by atoms with E-state index in [0.717, 1.165) is 18.4 Å². The molecular weight excluding hydrogens is 442 g/mol. The third-order valence-electron chi connectivity index (χ3n) is 5.37. The Morgan fingerprint density at radius 2 is 1.91 bits per heavy atom. The second kappa shape index (κ2) is 11.2. The number of nitrogens with zero attached hydrogens (tertiary/aromatic N) is 1. The van der Waals surface area contributed by atoms with Crippen LogP contribution in [0.1, 0.15) is 43.4 Å². The summed E-state index contributed by atoms with van der Waals surface area (Å²) in [4.78, 5) is 36.4. The van der Waals surface area contributed by atoms with Gasteiger partial charge in [0, 0.05) is 11.8 Å². The van der Waals surface area contributed by atoms with Gasteiger partial charge in [0.25, 0.3) is 0 Å². The Bertz CT molecular complexity index is 1100. The van der Waals surface area contributed by atoms with Crippen molar-refractivity contribution in [1.82, 2.24) is 10.6 Å². The van der Waals surface area contributed by atoms with Gasteiger partial charge < -0.3 is 24.8 Å². The molecule has 180 valence electrons. The van der Waals surface area contributed by atoms with E-state index >= 15 is 0 Å². The Morgan fingerprint density at radius 1 is 1.18 bits per heavy atom. The highest BCUT2D eigenvalue weighted by atomic mass is 16.6. The molecule has 1 heterocycles. The molecular formula is C24H27N3O7. The summed E-state index contributed by atoms with van der Waals surface area (Å²) in [5.74, 6) is -0.586. The highest BCUT2D eigenvalue weighted by molar-refractivity contribution is 5.95. The fourth-order valence-electron chi connectivity index (χ4n) is 3.71. The van der Waals surface area contributed by atoms with Gasteiger partial charge in [-0.1, -0.05) is 43.7 Å². The van der Waals surface area contributed by atoms with Crippen LogP contribution in [0.15, 0.2) is 53.7 Å². The summed E-state index contributed by atoms with van der Waals surface area (Å²) < 4.78 is 16.1. The van der Waals surface area contributed by atoms with Crippen LogP contribution in [-0.4, -0.2) is 31.1 Å². The number of amides is 2. The van der Waals surface area contributed by atoms with Crippen molar-refractivity contribution in [1.29, 1.82) is 0 Å². The summed E-state index contributed by atoms with van der Waals surface area (Å²) in [6.45, 7) is 2.08. The third-order valence-corrected chi connectivity index (χ3v) is 5.37. The van der Waals surface area contributed by atoms with E-state index < -0.39 is 23.0 Å². The number of nitrogens with one attached hydrogen (secondary N) is 2. The second-order valence-corrected chi connectivity index (χ2v) is 7.62. The summed E-state index contributed by atoms with van der Waals surface area (Å²) in [6, 6.07) is 10.5. The first kappa shape index (κ1) is 24.6. The molecule has 1 aliphatic rings. The number of nitro benzene ring substituents is 1. The number of nitro groups is 1. The molecule has 2 N–H and O–H groups in total. The minimum Gasteiger partial charge on any atom is -0.493 e. The molecule has 34 heavy (non-hydrogen) atoms. The predicted molar refractivity (Wildman–Crippen MR) is 123 cm³/mol. The van der Waals surface area contributed by atoms with Gasteiger partial charge in [-0.15, -0.1) is 0 Å². The average molecular weight is 469 g/mol. The molecule has 0 aromatic heterocycles. The lowest BCUT2D eigenvalue weighted by Crippen LogP contribution is -2.46. The monoisotopic (exact) mass is 469 g/mol. The van der Waals surface area contributed by atoms with Crippen LogP contribution in [0.5, 0.6) is 11.5 Å². The smallest absolute Gasteiger partial charge is 0.337 e. The number of ether oxygens (including phenoxy) is 3. The number of methoxy groups -OCH3 is 2. The van der Waals surface area contributed by atoms with Crippen molar-refractivity contribution in [3.8, 4) is 11.5 Å². The van der Waals surface area contributed by atoms with E-state index in [1.54, 1.807) is 0 Å². The average Bonchev–Trinajstić information content (AvgIpc) is 2.85. The molecule has 2 aromatic carbocycles. The number of allylic oxidation sites excluding steroid dienone is 1. The van der Waals surface area contributed by atoms with Crippen molar-refractivity contribution in [3.63, 3.8) is 0 Å². The maximum Gasteiger partial charge on any atom is 0.337 e. The lowest BCUT2D eigenvalue weighted by atomic mass is 9.93. The molecule has 1 atom stereocenters. The number of unbranched alkanes of at least 4 members (excludes halogenated alkanes) is 1. The lowest BCUT2D eigenvalue weighted by Gasteiger charge is -2.29. The van der Waals surface area contributed by atoms with Crippen LogP contribution in [0.2, 0.25) is 0 Å². The summed E-state index contributed by atoms with van der Waals surface area (Å²) in [5, 5.41) is 17.3. The fourth-order valence-corrected chi connectivity index (χ4v) is 3.71. The molecule has 3 rings (SSSR count). The molecule has 0 fully saturated rings. The number of carbonyl (C=O) groups is 2. The zero-order valence-electron chi connectivity index (χ0n) is 19.3. The van der Waals surface area contributed by atoms with E-state index in [-0.39, 0.29) is 29.4 Å². The van der Waals surface area contributed by atoms with Crippen LogP contribution < -0.4 is 20.1 Å². The van der Waals surface area contributed by atoms with Crippen molar-refractivity contribution in [2.45, 2.75) is 38.8 Å². The molecule has 2 amide bonds. The Balaban J connectivity index is 2.08. The molecule has 0 aliphatic carbocycles. The van der Waals surface area contributed by atoms with Gasteiger partial charge >= 0.3 is 17.7 Å². The number of hydrogen-bond donors (Lipinski definition) is 2. The van der Waals surface area contributed by atoms with Crippen molar-refractivity contribution in [3.05, 3.63) is 75.0 Å². The maximum absolute atomic E-state index is 12.7. The van der Waals surface area contributed by atoms with Crippen LogP contribution in [-0.2, 0) is 16.1 Å². The number of benzene rings is 2. The van der Waals surface area contributed by atoms with E-state index in [9.17, 15) is 19.7 Å². The zero-order chi connectivity index (χ0) is 24.7. The Kier molecular flexibility index (Phi) is 8.07. The van der Waals surface area contributed by atoms with Gasteiger partial charge in [-0.05, 0) is 30.0 Å². The minimum atomic E-state index is -0.969. The first-order valence-electron chi connectivity index (χ1n) is 10.8. The van der Waals surface area contributed by atoms with Gasteiger partial charge in [-0.3, -0.25) is 10.1 Å². The lowest BCUT2D eigenvalue weighted by molar-refractivity contribution is -0.386. The highest BCUT2D eigenvalue weighted by Gasteiger charge is 2.35. The number of carbonyl (C=O) groups excluding carboxylic acids is 2. The summed E-state index contributed by atoms with van der Waals surface area (Å²) in [6.07, 6.45) is 2.03. The van der Waals surface area contributed by atoms with Gasteiger partial charge in [-0.25, -0.2) is 9.59 Å². The Morgan fingerprint density at radius 3 is 2.53 bits per heavy atom. The SMILES string of the molecule is CCCCC1=C(C(=O)OC)C(c2cc(OC)c(OCc3ccccc3)c([N+](=O)[O-])c2)NC(=O)N1. The molecule has 0 radical (unpaired) electrons. The minimum absolute atomic E-state index is 0.0461. The number of esters is 1. The van der Waals surface area contributed by atoms with Crippen molar-refractivity contribution in [2.75, 3.05) is 14.2 Å². The van der Waals surface area contributed by atoms with Crippen molar-refractivity contribution in [2.24, 2.45) is 0 Å². The van der Waals surface area contributed by atoms with Crippen molar-refractivity contribution < 1.29 is 28.7 Å². The standard InChI is InChI=1S/C24H27N3O7/c1-4-5-11-17-20(23(28)33-3)21(26-24(29)25-17)16-12-18(27(30)31)22(19(13-16)32-2)34-14-15-9-7-6-8-10-15/h6-10,12-13,21H,4-5,11,14H2,1-3H3,(H2,25,26,29). The first-order valence-corrected chi connectivity index (χ1v) is 10.8. The van der Waals surface area contributed by atoms with Crippen LogP contribution in [0.4, 0.5) is 10.5 Å². The van der Waals surface area contributed by atoms with Crippen LogP contribution in [0.25, 0.3) is 0 Å². The van der Waals surface area contributed by atoms with Gasteiger partial charge in [0.15, 0.2) is 5.75 Å². The molecule has 0 saturated heterocycles. The predicted octanol–water partition coefficient (Wildman–Crippen LogP) is 4.15. The molecule has 0 spiro atoms. The van der Waals surface area contributed by atoms with Gasteiger partial charge in [0.2, 0.25) is 5.75 Å². The van der Waals surface area contributed by atoms with E-state index in [0.29, 0.717) is 17.7 Å². The third kappa shape index (κ3) is 5.45. The van der Waals surface area contributed by atoms with Crippen molar-refractivity contribution >= 4 is 17.7 Å². The molecule has 1 aliphatic heterocycles. The largest absolute Gasteiger partial charge is 0.493 e. The second-order valence-electron chi connectivity index (χ2n) is 7.62. The van der Waals surface area contributed by atoms with Gasteiger partial charge in [-0.2, -0.15) is 0 Å². The zero-order valence-corrected chi connectivity index (χ0v) is 19.3. The van der Waals surface area contributed by atoms with Crippen LogP contribution in [0.3, 0.4) is 0 Å². The number of hydrogen-bond acceptors (Lipinski definition) is 7. The molecule has 10 nitrogen and oxygen atoms in total. The van der Waals surface area contributed by atoms with Gasteiger partial charge in [0.1, 0.15) is 6.61 Å². The summed E-state index contributed by atoms with van der Waals surface area (Å²) in [7, 11) is 2.60. The molecule has 2 aromatic rings. The summed E-state index contributed by atoms with van der Waals surface area (Å²) in [5.41, 5.74) is 1.38. The first-order chi connectivity index (χ1) is 16.4. The topological polar surface area (TPSA) is 129 Å². The highest BCUT2D eigenvalue weighted by Crippen LogP contribution is 2.42. The Labute approximate surface area is 197 Å². The quantitative estimate of drug-likeness (QED) is 0.304. The van der Waals surface area contributed by atoms with E-state index in [1.165, 1.54) is 26.4 Å². The van der Waals surface area contributed by atoms with Crippen LogP contribution >= 0.6 is 0 Å². The van der Waals surface area contributed by atoms with E-state index in [1.807, 2.05) is 37.3 Å². The molecule has 10 heteroatoms. The molecule has 0 bridgehead atoms. The number of urea groups is 1. The van der Waals surface area contributed by atoms with Crippen LogP contribution in [0, 0.1) is 10.1 Å². The molecule has 0 saturated carbocycles. The van der Waals surface area contributed by atoms with E-state index in [2.05, 4.69) is 10.6 Å². The molecule has 1 unspecified atom stereocenters. The summed E-state index contributed by atoms with van der Waals surface area (Å²) >= 11 is 0. The Hall–Kier alpha value is -4.08. The van der Waals surface area contributed by atoms with E-state index in [4.69, 9.17) is 14.2 Å². The fraction of sp³-hybridized carbons (Fsp3) is 0.333. The normalized spacial score (nSPS) is 15.3.